The maximum atomic E-state index is 10.5. The smallest absolute Gasteiger partial charge is 0.336 e. The van der Waals surface area contributed by atoms with Crippen molar-refractivity contribution in [2.45, 2.75) is 6.54 Å². The molecule has 0 fully saturated rings. The summed E-state index contributed by atoms with van der Waals surface area (Å²) < 4.78 is 0. The number of carbonyl (C=O) groups excluding carboxylic acids is 1. The standard InChI is InChI=1S/C8H10N2O3S/c9-7(11)3-10-2-6-1-5(4-14-6)8(12)13/h1,4,10H,2-3H2,(H2,9,11)(H,12,13). The van der Waals surface area contributed by atoms with Gasteiger partial charge < -0.3 is 16.2 Å². The zero-order valence-corrected chi connectivity index (χ0v) is 8.13. The Morgan fingerprint density at radius 1 is 1.57 bits per heavy atom. The number of thiophene rings is 1. The van der Waals surface area contributed by atoms with E-state index in [-0.39, 0.29) is 12.1 Å². The van der Waals surface area contributed by atoms with Gasteiger partial charge in [-0.1, -0.05) is 0 Å². The first-order valence-corrected chi connectivity index (χ1v) is 4.77. The van der Waals surface area contributed by atoms with Crippen molar-refractivity contribution in [1.29, 1.82) is 0 Å². The van der Waals surface area contributed by atoms with Crippen LogP contribution in [0.25, 0.3) is 0 Å². The average Bonchev–Trinajstić information content (AvgIpc) is 2.52. The van der Waals surface area contributed by atoms with Gasteiger partial charge in [-0.15, -0.1) is 11.3 Å². The summed E-state index contributed by atoms with van der Waals surface area (Å²) in [4.78, 5) is 21.7. The molecule has 0 atom stereocenters. The molecule has 1 aromatic rings. The quantitative estimate of drug-likeness (QED) is 0.644. The predicted octanol–water partition coefficient (Wildman–Crippen LogP) is 0.0212. The molecule has 0 aliphatic rings. The molecule has 0 spiro atoms. The van der Waals surface area contributed by atoms with E-state index < -0.39 is 11.9 Å². The summed E-state index contributed by atoms with van der Waals surface area (Å²) in [7, 11) is 0. The van der Waals surface area contributed by atoms with Crippen molar-refractivity contribution in [1.82, 2.24) is 5.32 Å². The van der Waals surface area contributed by atoms with Gasteiger partial charge in [0.15, 0.2) is 0 Å². The highest BCUT2D eigenvalue weighted by molar-refractivity contribution is 7.10. The molecular weight excluding hydrogens is 204 g/mol. The van der Waals surface area contributed by atoms with Crippen molar-refractivity contribution in [3.05, 3.63) is 21.9 Å². The number of nitrogens with two attached hydrogens (primary N) is 1. The number of carbonyl (C=O) groups is 2. The molecule has 0 saturated carbocycles. The van der Waals surface area contributed by atoms with Gasteiger partial charge in [0.2, 0.25) is 5.91 Å². The first-order chi connectivity index (χ1) is 6.59. The molecule has 1 aromatic heterocycles. The number of amides is 1. The number of hydrogen-bond acceptors (Lipinski definition) is 4. The molecule has 0 radical (unpaired) electrons. The van der Waals surface area contributed by atoms with Crippen molar-refractivity contribution in [3.63, 3.8) is 0 Å². The Balaban J connectivity index is 2.44. The molecule has 6 heteroatoms. The fourth-order valence-electron chi connectivity index (χ4n) is 0.894. The molecule has 0 saturated heterocycles. The minimum Gasteiger partial charge on any atom is -0.478 e. The van der Waals surface area contributed by atoms with Crippen LogP contribution in [0.1, 0.15) is 15.2 Å². The number of rotatable bonds is 5. The Labute approximate surface area is 84.5 Å². The third kappa shape index (κ3) is 3.15. The highest BCUT2D eigenvalue weighted by Crippen LogP contribution is 2.14. The molecule has 14 heavy (non-hydrogen) atoms. The van der Waals surface area contributed by atoms with E-state index in [9.17, 15) is 9.59 Å². The van der Waals surface area contributed by atoms with Gasteiger partial charge in [0.1, 0.15) is 0 Å². The summed E-state index contributed by atoms with van der Waals surface area (Å²) in [6, 6.07) is 1.57. The zero-order chi connectivity index (χ0) is 10.6. The van der Waals surface area contributed by atoms with E-state index in [1.165, 1.54) is 11.3 Å². The number of primary amides is 1. The van der Waals surface area contributed by atoms with Gasteiger partial charge in [0, 0.05) is 16.8 Å². The normalized spacial score (nSPS) is 10.0. The van der Waals surface area contributed by atoms with E-state index in [1.54, 1.807) is 11.4 Å². The lowest BCUT2D eigenvalue weighted by Gasteiger charge is -1.97. The fraction of sp³-hybridized carbons (Fsp3) is 0.250. The summed E-state index contributed by atoms with van der Waals surface area (Å²) in [5.41, 5.74) is 5.19. The van der Waals surface area contributed by atoms with E-state index in [1.807, 2.05) is 0 Å². The molecule has 5 nitrogen and oxygen atoms in total. The second kappa shape index (κ2) is 4.73. The number of nitrogens with one attached hydrogen (secondary N) is 1. The SMILES string of the molecule is NC(=O)CNCc1cc(C(=O)O)cs1. The van der Waals surface area contributed by atoms with Gasteiger partial charge in [-0.25, -0.2) is 4.79 Å². The predicted molar refractivity (Wildman–Crippen MR) is 52.2 cm³/mol. The first kappa shape index (κ1) is 10.7. The monoisotopic (exact) mass is 214 g/mol. The Kier molecular flexibility index (Phi) is 3.61. The molecule has 1 rings (SSSR count). The van der Waals surface area contributed by atoms with E-state index in [0.717, 1.165) is 4.88 Å². The third-order valence-electron chi connectivity index (χ3n) is 1.50. The second-order valence-corrected chi connectivity index (χ2v) is 3.67. The van der Waals surface area contributed by atoms with Gasteiger partial charge in [-0.2, -0.15) is 0 Å². The zero-order valence-electron chi connectivity index (χ0n) is 7.32. The van der Waals surface area contributed by atoms with Crippen molar-refractivity contribution >= 4 is 23.2 Å². The highest BCUT2D eigenvalue weighted by Gasteiger charge is 2.05. The maximum absolute atomic E-state index is 10.5. The average molecular weight is 214 g/mol. The lowest BCUT2D eigenvalue weighted by atomic mass is 10.3. The molecule has 0 aliphatic heterocycles. The number of hydrogen-bond donors (Lipinski definition) is 3. The van der Waals surface area contributed by atoms with Crippen LogP contribution in [0.15, 0.2) is 11.4 Å². The Morgan fingerprint density at radius 3 is 2.79 bits per heavy atom. The Hall–Kier alpha value is -1.40. The summed E-state index contributed by atoms with van der Waals surface area (Å²) in [6.45, 7) is 0.557. The topological polar surface area (TPSA) is 92.4 Å². The van der Waals surface area contributed by atoms with Gasteiger partial charge >= 0.3 is 5.97 Å². The van der Waals surface area contributed by atoms with Gasteiger partial charge in [0.25, 0.3) is 0 Å². The fourth-order valence-corrected chi connectivity index (χ4v) is 1.72. The molecule has 4 N–H and O–H groups in total. The van der Waals surface area contributed by atoms with Crippen LogP contribution in [0.4, 0.5) is 0 Å². The van der Waals surface area contributed by atoms with Crippen LogP contribution in [-0.4, -0.2) is 23.5 Å². The maximum Gasteiger partial charge on any atom is 0.336 e. The van der Waals surface area contributed by atoms with E-state index in [0.29, 0.717) is 6.54 Å². The van der Waals surface area contributed by atoms with Crippen LogP contribution in [0.5, 0.6) is 0 Å². The van der Waals surface area contributed by atoms with Gasteiger partial charge in [0.05, 0.1) is 12.1 Å². The molecule has 76 valence electrons. The van der Waals surface area contributed by atoms with Crippen LogP contribution in [0, 0.1) is 0 Å². The highest BCUT2D eigenvalue weighted by atomic mass is 32.1. The molecule has 1 heterocycles. The van der Waals surface area contributed by atoms with Crippen LogP contribution in [-0.2, 0) is 11.3 Å². The Bertz CT molecular complexity index is 348. The second-order valence-electron chi connectivity index (χ2n) is 2.68. The minimum absolute atomic E-state index is 0.0975. The number of carboxylic acids is 1. The van der Waals surface area contributed by atoms with Crippen molar-refractivity contribution in [2.75, 3.05) is 6.54 Å². The molecule has 0 aliphatic carbocycles. The third-order valence-corrected chi connectivity index (χ3v) is 2.44. The van der Waals surface area contributed by atoms with E-state index in [4.69, 9.17) is 10.8 Å². The molecule has 0 unspecified atom stereocenters. The molecular formula is C8H10N2O3S. The lowest BCUT2D eigenvalue weighted by Crippen LogP contribution is -2.27. The van der Waals surface area contributed by atoms with Gasteiger partial charge in [-0.05, 0) is 6.07 Å². The molecule has 0 aromatic carbocycles. The summed E-state index contributed by atoms with van der Waals surface area (Å²) in [5.74, 6) is -1.37. The molecule has 1 amide bonds. The van der Waals surface area contributed by atoms with Crippen molar-refractivity contribution < 1.29 is 14.7 Å². The number of carboxylic acid groups (broad SMARTS) is 1. The Morgan fingerprint density at radius 2 is 2.29 bits per heavy atom. The largest absolute Gasteiger partial charge is 0.478 e. The van der Waals surface area contributed by atoms with E-state index in [2.05, 4.69) is 5.32 Å². The number of aromatic carboxylic acids is 1. The van der Waals surface area contributed by atoms with E-state index >= 15 is 0 Å². The summed E-state index contributed by atoms with van der Waals surface area (Å²) in [5, 5.41) is 13.0. The summed E-state index contributed by atoms with van der Waals surface area (Å²) in [6.07, 6.45) is 0. The van der Waals surface area contributed by atoms with Crippen LogP contribution in [0.3, 0.4) is 0 Å². The van der Waals surface area contributed by atoms with Crippen LogP contribution in [0.2, 0.25) is 0 Å². The van der Waals surface area contributed by atoms with Crippen molar-refractivity contribution in [3.8, 4) is 0 Å². The van der Waals surface area contributed by atoms with Crippen LogP contribution < -0.4 is 11.1 Å². The first-order valence-electron chi connectivity index (χ1n) is 3.89. The van der Waals surface area contributed by atoms with Crippen molar-refractivity contribution in [2.24, 2.45) is 5.73 Å². The van der Waals surface area contributed by atoms with Gasteiger partial charge in [-0.3, -0.25) is 4.79 Å². The summed E-state index contributed by atoms with van der Waals surface area (Å²) >= 11 is 1.33. The van der Waals surface area contributed by atoms with Crippen LogP contribution >= 0.6 is 11.3 Å². The lowest BCUT2D eigenvalue weighted by molar-refractivity contribution is -0.117. The molecule has 0 bridgehead atoms. The minimum atomic E-state index is -0.942.